The fourth-order valence-corrected chi connectivity index (χ4v) is 6.38. The van der Waals surface area contributed by atoms with Crippen LogP contribution < -0.4 is 9.64 Å². The number of likely N-dealkylation sites (tertiary alicyclic amines) is 1. The minimum absolute atomic E-state index is 0.128. The third kappa shape index (κ3) is 3.62. The van der Waals surface area contributed by atoms with Gasteiger partial charge in [0.25, 0.3) is 0 Å². The predicted octanol–water partition coefficient (Wildman–Crippen LogP) is 3.89. The van der Waals surface area contributed by atoms with Gasteiger partial charge in [-0.3, -0.25) is 19.4 Å². The molecule has 8 heteroatoms. The van der Waals surface area contributed by atoms with Crippen molar-refractivity contribution in [3.8, 4) is 5.75 Å². The summed E-state index contributed by atoms with van der Waals surface area (Å²) in [7, 11) is 0. The maximum atomic E-state index is 14.6. The molecule has 6 bridgehead atoms. The number of para-hydroxylation sites is 1. The van der Waals surface area contributed by atoms with Gasteiger partial charge in [0, 0.05) is 44.1 Å². The number of ether oxygens (including phenoxy) is 1. The second-order valence-electron chi connectivity index (χ2n) is 10.1. The minimum atomic E-state index is -0.701. The molecule has 4 aromatic rings. The first kappa shape index (κ1) is 22.2. The van der Waals surface area contributed by atoms with Crippen LogP contribution in [0, 0.1) is 0 Å². The third-order valence-corrected chi connectivity index (χ3v) is 7.92. The van der Waals surface area contributed by atoms with Crippen LogP contribution in [0.3, 0.4) is 0 Å². The molecule has 1 spiro atoms. The van der Waals surface area contributed by atoms with Crippen molar-refractivity contribution in [3.63, 3.8) is 0 Å². The van der Waals surface area contributed by atoms with Crippen molar-refractivity contribution in [2.75, 3.05) is 18.1 Å². The first-order valence-electron chi connectivity index (χ1n) is 12.9. The highest BCUT2D eigenvalue weighted by Gasteiger charge is 2.60. The summed E-state index contributed by atoms with van der Waals surface area (Å²) >= 11 is 0. The lowest BCUT2D eigenvalue weighted by molar-refractivity contribution is -0.124. The number of anilines is 1. The van der Waals surface area contributed by atoms with E-state index in [1.54, 1.807) is 6.20 Å². The highest BCUT2D eigenvalue weighted by atomic mass is 16.5. The van der Waals surface area contributed by atoms with E-state index in [2.05, 4.69) is 50.5 Å². The molecule has 1 saturated heterocycles. The molecule has 0 N–H and O–H groups in total. The number of nitrogens with zero attached hydrogens (tertiary/aromatic N) is 6. The number of benzene rings is 2. The van der Waals surface area contributed by atoms with Crippen molar-refractivity contribution >= 4 is 11.6 Å². The Labute approximate surface area is 215 Å². The largest absolute Gasteiger partial charge is 0.494 e. The van der Waals surface area contributed by atoms with Gasteiger partial charge in [-0.15, -0.1) is 5.10 Å². The molecule has 8 nitrogen and oxygen atoms in total. The second kappa shape index (κ2) is 8.81. The molecule has 0 aliphatic carbocycles. The van der Waals surface area contributed by atoms with Crippen LogP contribution in [0.5, 0.6) is 5.75 Å². The lowest BCUT2D eigenvalue weighted by atomic mass is 9.72. The normalized spacial score (nSPS) is 23.1. The minimum Gasteiger partial charge on any atom is -0.494 e. The summed E-state index contributed by atoms with van der Waals surface area (Å²) in [5.41, 5.74) is 4.38. The fourth-order valence-electron chi connectivity index (χ4n) is 6.38. The molecule has 0 unspecified atom stereocenters. The van der Waals surface area contributed by atoms with E-state index in [0.717, 1.165) is 59.8 Å². The average Bonchev–Trinajstić information content (AvgIpc) is 3.60. The van der Waals surface area contributed by atoms with E-state index in [-0.39, 0.29) is 11.9 Å². The third-order valence-electron chi connectivity index (χ3n) is 7.92. The van der Waals surface area contributed by atoms with Gasteiger partial charge in [0.05, 0.1) is 30.8 Å². The van der Waals surface area contributed by atoms with Gasteiger partial charge in [0.2, 0.25) is 5.91 Å². The number of hydrogen-bond acceptors (Lipinski definition) is 6. The molecule has 2 aromatic heterocycles. The van der Waals surface area contributed by atoms with Crippen LogP contribution >= 0.6 is 0 Å². The number of rotatable bonds is 2. The van der Waals surface area contributed by atoms with Gasteiger partial charge in [-0.05, 0) is 47.4 Å². The summed E-state index contributed by atoms with van der Waals surface area (Å²) in [6, 6.07) is 20.5. The highest BCUT2D eigenvalue weighted by molar-refractivity contribution is 6.09. The van der Waals surface area contributed by atoms with Crippen molar-refractivity contribution in [2.24, 2.45) is 0 Å². The predicted molar refractivity (Wildman–Crippen MR) is 138 cm³/mol. The first-order chi connectivity index (χ1) is 18.2. The second-order valence-corrected chi connectivity index (χ2v) is 10.1. The van der Waals surface area contributed by atoms with E-state index >= 15 is 0 Å². The van der Waals surface area contributed by atoms with Gasteiger partial charge in [0.1, 0.15) is 11.4 Å². The quantitative estimate of drug-likeness (QED) is 0.423. The van der Waals surface area contributed by atoms with Gasteiger partial charge >= 0.3 is 0 Å². The Balaban J connectivity index is 1.40. The van der Waals surface area contributed by atoms with E-state index in [4.69, 9.17) is 4.74 Å². The molecule has 0 saturated carbocycles. The maximum Gasteiger partial charge on any atom is 0.240 e. The number of carbonyl (C=O) groups excluding carboxylic acids is 1. The van der Waals surface area contributed by atoms with Crippen molar-refractivity contribution < 1.29 is 9.53 Å². The average molecular weight is 493 g/mol. The molecule has 0 radical (unpaired) electrons. The molecule has 1 amide bonds. The Bertz CT molecular complexity index is 1450. The number of aromatic nitrogens is 4. The summed E-state index contributed by atoms with van der Waals surface area (Å²) in [5.74, 6) is 0.953. The Morgan fingerprint density at radius 3 is 2.92 bits per heavy atom. The highest BCUT2D eigenvalue weighted by Crippen LogP contribution is 2.57. The van der Waals surface area contributed by atoms with Crippen LogP contribution in [-0.2, 0) is 29.8 Å². The van der Waals surface area contributed by atoms with Gasteiger partial charge in [-0.2, -0.15) is 0 Å². The number of pyridine rings is 1. The summed E-state index contributed by atoms with van der Waals surface area (Å²) < 4.78 is 8.00. The van der Waals surface area contributed by atoms with Crippen LogP contribution in [0.4, 0.5) is 5.69 Å². The molecule has 2 aromatic carbocycles. The summed E-state index contributed by atoms with van der Waals surface area (Å²) in [6.45, 7) is 3.22. The topological polar surface area (TPSA) is 76.4 Å². The van der Waals surface area contributed by atoms with Crippen LogP contribution in [0.25, 0.3) is 0 Å². The van der Waals surface area contributed by atoms with E-state index in [0.29, 0.717) is 19.7 Å². The van der Waals surface area contributed by atoms with Crippen molar-refractivity contribution in [1.29, 1.82) is 0 Å². The first-order valence-corrected chi connectivity index (χ1v) is 12.9. The maximum absolute atomic E-state index is 14.6. The molecule has 3 aliphatic heterocycles. The number of carbonyl (C=O) groups is 1. The smallest absolute Gasteiger partial charge is 0.240 e. The monoisotopic (exact) mass is 492 g/mol. The van der Waals surface area contributed by atoms with Crippen LogP contribution in [0.15, 0.2) is 79.3 Å². The lowest BCUT2D eigenvalue weighted by Crippen LogP contribution is -2.44. The zero-order valence-electron chi connectivity index (χ0n) is 20.5. The molecule has 2 atom stereocenters. The van der Waals surface area contributed by atoms with Crippen molar-refractivity contribution in [2.45, 2.75) is 43.9 Å². The summed E-state index contributed by atoms with van der Waals surface area (Å²) in [5, 5.41) is 8.69. The van der Waals surface area contributed by atoms with E-state index in [9.17, 15) is 4.79 Å². The lowest BCUT2D eigenvalue weighted by Gasteiger charge is -2.35. The van der Waals surface area contributed by atoms with E-state index in [1.807, 2.05) is 52.3 Å². The zero-order valence-corrected chi connectivity index (χ0v) is 20.5. The van der Waals surface area contributed by atoms with Gasteiger partial charge in [0.15, 0.2) is 0 Å². The Kier molecular flexibility index (Phi) is 5.28. The summed E-state index contributed by atoms with van der Waals surface area (Å²) in [4.78, 5) is 23.3. The SMILES string of the molecule is O=C1N2Cc3cn(nn3)CCCOc3cccc(c3)[C@@H]3N(Cc4cccnc4)CC[C@@]13c1ccccc12. The number of amides is 1. The number of fused-ring (bicyclic) bond motifs is 8. The standard InChI is InChI=1S/C29H28N6O2/c36-28-29-11-14-33(18-21-6-4-12-30-17-21)27(29)22-7-3-8-24(16-22)37-15-5-13-34-19-23(31-32-34)20-35(28)26-10-2-1-9-25(26)29/h1-4,6-10,12,16-17,19,27H,5,11,13-15,18,20H2/t27-,29-/m0/s1. The van der Waals surface area contributed by atoms with Gasteiger partial charge in [-0.1, -0.05) is 41.6 Å². The van der Waals surface area contributed by atoms with Gasteiger partial charge in [-0.25, -0.2) is 0 Å². The molecule has 37 heavy (non-hydrogen) atoms. The molecule has 7 rings (SSSR count). The molecule has 5 heterocycles. The number of hydrogen-bond donors (Lipinski definition) is 0. The Morgan fingerprint density at radius 1 is 1.05 bits per heavy atom. The Morgan fingerprint density at radius 2 is 2.00 bits per heavy atom. The van der Waals surface area contributed by atoms with Crippen molar-refractivity contribution in [3.05, 3.63) is 102 Å². The fraction of sp³-hybridized carbons (Fsp3) is 0.310. The number of aryl methyl sites for hydroxylation is 1. The molecule has 1 fully saturated rings. The zero-order chi connectivity index (χ0) is 24.8. The molecular weight excluding hydrogens is 464 g/mol. The van der Waals surface area contributed by atoms with Crippen LogP contribution in [-0.4, -0.2) is 43.9 Å². The van der Waals surface area contributed by atoms with Crippen LogP contribution in [0.2, 0.25) is 0 Å². The van der Waals surface area contributed by atoms with Gasteiger partial charge < -0.3 is 9.64 Å². The van der Waals surface area contributed by atoms with E-state index < -0.39 is 5.41 Å². The van der Waals surface area contributed by atoms with Crippen molar-refractivity contribution in [1.82, 2.24) is 24.9 Å². The molecule has 3 aliphatic rings. The molecule has 186 valence electrons. The molecular formula is C29H28N6O2. The van der Waals surface area contributed by atoms with E-state index in [1.165, 1.54) is 0 Å². The van der Waals surface area contributed by atoms with Crippen LogP contribution in [0.1, 0.15) is 41.3 Å². The summed E-state index contributed by atoms with van der Waals surface area (Å²) in [6.07, 6.45) is 7.21. The Hall–Kier alpha value is -4.04.